The molecule has 5 heteroatoms. The van der Waals surface area contributed by atoms with E-state index in [9.17, 15) is 4.79 Å². The molecule has 1 unspecified atom stereocenters. The fraction of sp³-hybridized carbons (Fsp3) is 0.308. The van der Waals surface area contributed by atoms with Crippen molar-refractivity contribution in [1.29, 1.82) is 0 Å². The van der Waals surface area contributed by atoms with Crippen LogP contribution in [0, 0.1) is 0 Å². The number of halogens is 1. The van der Waals surface area contributed by atoms with Crippen molar-refractivity contribution in [3.05, 3.63) is 55.1 Å². The van der Waals surface area contributed by atoms with Crippen molar-refractivity contribution in [3.63, 3.8) is 0 Å². The largest absolute Gasteiger partial charge is 0.315 e. The third-order valence-electron chi connectivity index (χ3n) is 3.29. The number of hydrogen-bond donors (Lipinski definition) is 2. The van der Waals surface area contributed by atoms with Crippen LogP contribution in [-0.4, -0.2) is 4.98 Å². The van der Waals surface area contributed by atoms with E-state index in [1.165, 1.54) is 22.5 Å². The van der Waals surface area contributed by atoms with Gasteiger partial charge in [-0.25, -0.2) is 0 Å². The van der Waals surface area contributed by atoms with Gasteiger partial charge in [0.25, 0.3) is 0 Å². The number of hydrogen-bond acceptors (Lipinski definition) is 3. The highest BCUT2D eigenvalue weighted by Crippen LogP contribution is 2.32. The molecule has 2 N–H and O–H groups in total. The zero-order valence-corrected chi connectivity index (χ0v) is 11.3. The monoisotopic (exact) mass is 280 g/mol. The van der Waals surface area contributed by atoms with E-state index in [2.05, 4.69) is 16.4 Å². The van der Waals surface area contributed by atoms with Gasteiger partial charge in [0, 0.05) is 28.7 Å². The molecule has 1 heterocycles. The van der Waals surface area contributed by atoms with Crippen molar-refractivity contribution in [1.82, 2.24) is 10.3 Å². The van der Waals surface area contributed by atoms with E-state index in [4.69, 9.17) is 11.6 Å². The summed E-state index contributed by atoms with van der Waals surface area (Å²) in [6.07, 6.45) is 2.15. The number of nitrogens with one attached hydrogen (secondary N) is 2. The molecule has 0 saturated heterocycles. The van der Waals surface area contributed by atoms with Crippen molar-refractivity contribution in [2.75, 3.05) is 0 Å². The summed E-state index contributed by atoms with van der Waals surface area (Å²) in [5, 5.41) is 6.15. The van der Waals surface area contributed by atoms with E-state index in [1.54, 1.807) is 0 Å². The van der Waals surface area contributed by atoms with Crippen molar-refractivity contribution in [3.8, 4) is 0 Å². The van der Waals surface area contributed by atoms with Crippen LogP contribution >= 0.6 is 22.9 Å². The molecule has 1 aromatic heterocycles. The number of aromatic nitrogens is 1. The van der Waals surface area contributed by atoms with Gasteiger partial charge >= 0.3 is 4.87 Å². The molecule has 1 aromatic carbocycles. The lowest BCUT2D eigenvalue weighted by molar-refractivity contribution is 0.526. The van der Waals surface area contributed by atoms with E-state index in [-0.39, 0.29) is 4.87 Å². The fourth-order valence-electron chi connectivity index (χ4n) is 2.43. The third-order valence-corrected chi connectivity index (χ3v) is 4.25. The third kappa shape index (κ3) is 2.36. The van der Waals surface area contributed by atoms with Crippen LogP contribution in [0.5, 0.6) is 0 Å². The van der Waals surface area contributed by atoms with E-state index in [0.29, 0.717) is 12.6 Å². The number of H-pyrrole nitrogens is 1. The Bertz CT molecular complexity index is 619. The normalized spacial score (nSPS) is 17.9. The number of fused-ring (bicyclic) bond motifs is 1. The molecule has 94 valence electrons. The van der Waals surface area contributed by atoms with E-state index in [0.717, 1.165) is 23.6 Å². The molecule has 1 atom stereocenters. The molecule has 0 bridgehead atoms. The molecule has 0 radical (unpaired) electrons. The second kappa shape index (κ2) is 4.88. The van der Waals surface area contributed by atoms with Crippen LogP contribution in [0.2, 0.25) is 5.02 Å². The van der Waals surface area contributed by atoms with Gasteiger partial charge in [-0.3, -0.25) is 4.79 Å². The first kappa shape index (κ1) is 12.0. The lowest BCUT2D eigenvalue weighted by atomic mass is 10.1. The summed E-state index contributed by atoms with van der Waals surface area (Å²) in [6, 6.07) is 6.44. The lowest BCUT2D eigenvalue weighted by Crippen LogP contribution is -2.19. The predicted molar refractivity (Wildman–Crippen MR) is 74.3 cm³/mol. The molecule has 0 aliphatic heterocycles. The van der Waals surface area contributed by atoms with Gasteiger partial charge < -0.3 is 10.3 Å². The van der Waals surface area contributed by atoms with Gasteiger partial charge in [0.15, 0.2) is 0 Å². The molecular weight excluding hydrogens is 268 g/mol. The maximum atomic E-state index is 11.0. The standard InChI is InChI=1S/C13H13ClN2OS/c14-9-2-3-11-8(5-9)1-4-12(11)15-6-10-7-18-13(17)16-10/h2-3,5,7,12,15H,1,4,6H2,(H,16,17). The maximum absolute atomic E-state index is 11.0. The summed E-state index contributed by atoms with van der Waals surface area (Å²) < 4.78 is 0. The van der Waals surface area contributed by atoms with E-state index < -0.39 is 0 Å². The van der Waals surface area contributed by atoms with Gasteiger partial charge in [0.2, 0.25) is 0 Å². The van der Waals surface area contributed by atoms with Crippen LogP contribution in [0.3, 0.4) is 0 Å². The number of rotatable bonds is 3. The Balaban J connectivity index is 1.71. The maximum Gasteiger partial charge on any atom is 0.304 e. The molecule has 18 heavy (non-hydrogen) atoms. The van der Waals surface area contributed by atoms with Gasteiger partial charge in [-0.05, 0) is 36.1 Å². The predicted octanol–water partition coefficient (Wildman–Crippen LogP) is 2.87. The lowest BCUT2D eigenvalue weighted by Gasteiger charge is -2.13. The zero-order valence-electron chi connectivity index (χ0n) is 9.70. The van der Waals surface area contributed by atoms with E-state index >= 15 is 0 Å². The van der Waals surface area contributed by atoms with E-state index in [1.807, 2.05) is 17.5 Å². The molecule has 2 aromatic rings. The van der Waals surface area contributed by atoms with Crippen LogP contribution in [0.25, 0.3) is 0 Å². The van der Waals surface area contributed by atoms with Gasteiger partial charge in [0.05, 0.1) is 0 Å². The van der Waals surface area contributed by atoms with Crippen LogP contribution in [0.4, 0.5) is 0 Å². The Morgan fingerprint density at radius 1 is 1.50 bits per heavy atom. The smallest absolute Gasteiger partial charge is 0.304 e. The molecule has 0 fully saturated rings. The number of benzene rings is 1. The van der Waals surface area contributed by atoms with Gasteiger partial charge in [-0.15, -0.1) is 0 Å². The topological polar surface area (TPSA) is 44.9 Å². The first-order chi connectivity index (χ1) is 8.72. The minimum absolute atomic E-state index is 0.00500. The quantitative estimate of drug-likeness (QED) is 0.908. The van der Waals surface area contributed by atoms with Crippen molar-refractivity contribution in [2.24, 2.45) is 0 Å². The van der Waals surface area contributed by atoms with Crippen LogP contribution in [0.1, 0.15) is 29.3 Å². The minimum Gasteiger partial charge on any atom is -0.315 e. The summed E-state index contributed by atoms with van der Waals surface area (Å²) in [5.41, 5.74) is 3.61. The highest BCUT2D eigenvalue weighted by Gasteiger charge is 2.21. The van der Waals surface area contributed by atoms with Crippen molar-refractivity contribution < 1.29 is 0 Å². The van der Waals surface area contributed by atoms with Crippen molar-refractivity contribution >= 4 is 22.9 Å². The fourth-order valence-corrected chi connectivity index (χ4v) is 3.21. The first-order valence-electron chi connectivity index (χ1n) is 5.91. The van der Waals surface area contributed by atoms with Crippen LogP contribution in [-0.2, 0) is 13.0 Å². The number of aromatic amines is 1. The Morgan fingerprint density at radius 2 is 2.39 bits per heavy atom. The first-order valence-corrected chi connectivity index (χ1v) is 7.16. The molecule has 1 aliphatic carbocycles. The average Bonchev–Trinajstić information content (AvgIpc) is 2.92. The molecule has 3 rings (SSSR count). The minimum atomic E-state index is 0.00500. The summed E-state index contributed by atoms with van der Waals surface area (Å²) in [5.74, 6) is 0. The second-order valence-corrected chi connectivity index (χ2v) is 5.77. The highest BCUT2D eigenvalue weighted by atomic mass is 35.5. The summed E-state index contributed by atoms with van der Waals surface area (Å²) in [4.78, 5) is 13.9. The molecular formula is C13H13ClN2OS. The summed E-state index contributed by atoms with van der Waals surface area (Å²) >= 11 is 7.19. The Morgan fingerprint density at radius 3 is 3.17 bits per heavy atom. The van der Waals surface area contributed by atoms with Crippen LogP contribution in [0.15, 0.2) is 28.4 Å². The molecule has 1 aliphatic rings. The molecule has 0 saturated carbocycles. The molecule has 3 nitrogen and oxygen atoms in total. The summed E-state index contributed by atoms with van der Waals surface area (Å²) in [6.45, 7) is 0.700. The Hall–Kier alpha value is -1.10. The number of thiazole rings is 1. The van der Waals surface area contributed by atoms with Gasteiger partial charge in [-0.1, -0.05) is 29.0 Å². The highest BCUT2D eigenvalue weighted by molar-refractivity contribution is 7.07. The summed E-state index contributed by atoms with van der Waals surface area (Å²) in [7, 11) is 0. The zero-order chi connectivity index (χ0) is 12.5. The van der Waals surface area contributed by atoms with Gasteiger partial charge in [0.1, 0.15) is 0 Å². The number of aryl methyl sites for hydroxylation is 1. The van der Waals surface area contributed by atoms with Crippen molar-refractivity contribution in [2.45, 2.75) is 25.4 Å². The molecule has 0 amide bonds. The molecule has 0 spiro atoms. The second-order valence-electron chi connectivity index (χ2n) is 4.49. The average molecular weight is 281 g/mol. The Labute approximate surface area is 114 Å². The Kier molecular flexibility index (Phi) is 3.24. The van der Waals surface area contributed by atoms with Gasteiger partial charge in [-0.2, -0.15) is 0 Å². The SMILES string of the molecule is O=c1[nH]c(CNC2CCc3cc(Cl)ccc32)cs1. The van der Waals surface area contributed by atoms with Crippen LogP contribution < -0.4 is 10.2 Å².